The molecule has 4 nitrogen and oxygen atoms in total. The van der Waals surface area contributed by atoms with E-state index in [0.717, 1.165) is 46.2 Å². The highest BCUT2D eigenvalue weighted by atomic mass is 35.5. The van der Waals surface area contributed by atoms with E-state index in [1.165, 1.54) is 16.7 Å². The van der Waals surface area contributed by atoms with Gasteiger partial charge in [-0.05, 0) is 53.8 Å². The standard InChI is InChI=1S/C25H23ClN2O2S/c1-16-21(26)10-11-22-24(16)27-25(31-22)28(15-20-7-4-12-30-20)23(29)14-17-8-9-18-5-2-3-6-19(18)13-17/h2-3,5-6,8-11,13,20H,4,7,12,14-15H2,1H3. The van der Waals surface area contributed by atoms with Crippen LogP contribution in [0, 0.1) is 6.92 Å². The van der Waals surface area contributed by atoms with Crippen LogP contribution in [0.15, 0.2) is 54.6 Å². The summed E-state index contributed by atoms with van der Waals surface area (Å²) in [5.74, 6) is 0.0357. The molecule has 0 aliphatic carbocycles. The minimum atomic E-state index is 0.0357. The number of aromatic nitrogens is 1. The van der Waals surface area contributed by atoms with Crippen molar-refractivity contribution < 1.29 is 9.53 Å². The van der Waals surface area contributed by atoms with Crippen LogP contribution in [0.1, 0.15) is 24.0 Å². The number of carbonyl (C=O) groups is 1. The van der Waals surface area contributed by atoms with E-state index in [9.17, 15) is 4.79 Å². The van der Waals surface area contributed by atoms with Crippen molar-refractivity contribution in [3.63, 3.8) is 0 Å². The summed E-state index contributed by atoms with van der Waals surface area (Å²) >= 11 is 7.83. The van der Waals surface area contributed by atoms with E-state index < -0.39 is 0 Å². The number of amides is 1. The molecule has 6 heteroatoms. The average Bonchev–Trinajstić information content (AvgIpc) is 3.44. The predicted octanol–water partition coefficient (Wildman–Crippen LogP) is 6.17. The Bertz CT molecular complexity index is 1260. The number of hydrogen-bond donors (Lipinski definition) is 0. The first-order valence-electron chi connectivity index (χ1n) is 10.5. The first-order chi connectivity index (χ1) is 15.1. The molecule has 0 spiro atoms. The lowest BCUT2D eigenvalue weighted by Crippen LogP contribution is -2.38. The molecule has 0 saturated carbocycles. The molecule has 1 fully saturated rings. The Kier molecular flexibility index (Phi) is 5.65. The number of ether oxygens (including phenoxy) is 1. The molecule has 0 N–H and O–H groups in total. The fraction of sp³-hybridized carbons (Fsp3) is 0.280. The molecule has 1 amide bonds. The third-order valence-electron chi connectivity index (χ3n) is 5.85. The summed E-state index contributed by atoms with van der Waals surface area (Å²) in [7, 11) is 0. The van der Waals surface area contributed by atoms with Crippen LogP contribution in [0.5, 0.6) is 0 Å². The van der Waals surface area contributed by atoms with E-state index in [0.29, 0.717) is 23.1 Å². The molecule has 1 atom stereocenters. The molecule has 1 aliphatic rings. The molecular weight excluding hydrogens is 428 g/mol. The number of hydrogen-bond acceptors (Lipinski definition) is 4. The zero-order valence-electron chi connectivity index (χ0n) is 17.3. The van der Waals surface area contributed by atoms with Gasteiger partial charge in [0.15, 0.2) is 5.13 Å². The summed E-state index contributed by atoms with van der Waals surface area (Å²) in [6.07, 6.45) is 2.38. The monoisotopic (exact) mass is 450 g/mol. The normalized spacial score (nSPS) is 16.3. The molecule has 5 rings (SSSR count). The summed E-state index contributed by atoms with van der Waals surface area (Å²) in [4.78, 5) is 20.1. The minimum absolute atomic E-state index is 0.0357. The van der Waals surface area contributed by atoms with Gasteiger partial charge in [-0.2, -0.15) is 0 Å². The van der Waals surface area contributed by atoms with Crippen molar-refractivity contribution in [3.8, 4) is 0 Å². The summed E-state index contributed by atoms with van der Waals surface area (Å²) in [5.41, 5.74) is 2.81. The van der Waals surface area contributed by atoms with Gasteiger partial charge < -0.3 is 4.74 Å². The van der Waals surface area contributed by atoms with Gasteiger partial charge in [-0.1, -0.05) is 65.4 Å². The highest BCUT2D eigenvalue weighted by Gasteiger charge is 2.26. The summed E-state index contributed by atoms with van der Waals surface area (Å²) < 4.78 is 6.88. The van der Waals surface area contributed by atoms with Gasteiger partial charge in [-0.15, -0.1) is 0 Å². The second-order valence-corrected chi connectivity index (χ2v) is 9.43. The van der Waals surface area contributed by atoms with Crippen LogP contribution < -0.4 is 4.90 Å². The number of nitrogens with zero attached hydrogens (tertiary/aromatic N) is 2. The number of aryl methyl sites for hydroxylation is 1. The maximum absolute atomic E-state index is 13.5. The van der Waals surface area contributed by atoms with E-state index in [1.54, 1.807) is 0 Å². The number of fused-ring (bicyclic) bond motifs is 2. The highest BCUT2D eigenvalue weighted by Crippen LogP contribution is 2.34. The van der Waals surface area contributed by atoms with Gasteiger partial charge in [-0.3, -0.25) is 9.69 Å². The quantitative estimate of drug-likeness (QED) is 0.365. The molecular formula is C25H23ClN2O2S. The minimum Gasteiger partial charge on any atom is -0.376 e. The van der Waals surface area contributed by atoms with E-state index in [2.05, 4.69) is 24.3 Å². The van der Waals surface area contributed by atoms with Gasteiger partial charge in [0.05, 0.1) is 29.3 Å². The van der Waals surface area contributed by atoms with Crippen LogP contribution in [0.3, 0.4) is 0 Å². The fourth-order valence-corrected chi connectivity index (χ4v) is 5.31. The Morgan fingerprint density at radius 2 is 2.03 bits per heavy atom. The number of benzene rings is 3. The third-order valence-corrected chi connectivity index (χ3v) is 7.30. The van der Waals surface area contributed by atoms with Crippen molar-refractivity contribution in [3.05, 3.63) is 70.7 Å². The number of carbonyl (C=O) groups excluding carboxylic acids is 1. The Morgan fingerprint density at radius 1 is 1.19 bits per heavy atom. The van der Waals surface area contributed by atoms with Crippen molar-refractivity contribution >= 4 is 55.0 Å². The van der Waals surface area contributed by atoms with Crippen molar-refractivity contribution in [1.82, 2.24) is 4.98 Å². The van der Waals surface area contributed by atoms with Crippen LogP contribution in [-0.4, -0.2) is 30.1 Å². The van der Waals surface area contributed by atoms with Gasteiger partial charge in [0.25, 0.3) is 0 Å². The Balaban J connectivity index is 1.47. The van der Waals surface area contributed by atoms with Crippen LogP contribution in [0.2, 0.25) is 5.02 Å². The molecule has 1 unspecified atom stereocenters. The van der Waals surface area contributed by atoms with E-state index in [4.69, 9.17) is 21.3 Å². The molecule has 0 radical (unpaired) electrons. The molecule has 1 aromatic heterocycles. The number of thiazole rings is 1. The molecule has 2 heterocycles. The van der Waals surface area contributed by atoms with Crippen molar-refractivity contribution in [2.45, 2.75) is 32.3 Å². The lowest BCUT2D eigenvalue weighted by atomic mass is 10.0. The van der Waals surface area contributed by atoms with Gasteiger partial charge in [0, 0.05) is 11.6 Å². The summed E-state index contributed by atoms with van der Waals surface area (Å²) in [6.45, 7) is 3.25. The Morgan fingerprint density at radius 3 is 2.84 bits per heavy atom. The van der Waals surface area contributed by atoms with Crippen LogP contribution >= 0.6 is 22.9 Å². The topological polar surface area (TPSA) is 42.4 Å². The van der Waals surface area contributed by atoms with Gasteiger partial charge in [0.1, 0.15) is 0 Å². The van der Waals surface area contributed by atoms with Crippen molar-refractivity contribution in [2.75, 3.05) is 18.1 Å². The fourth-order valence-electron chi connectivity index (χ4n) is 4.10. The largest absolute Gasteiger partial charge is 0.376 e. The Labute approximate surface area is 190 Å². The van der Waals surface area contributed by atoms with Crippen LogP contribution in [0.25, 0.3) is 21.0 Å². The smallest absolute Gasteiger partial charge is 0.233 e. The zero-order valence-corrected chi connectivity index (χ0v) is 18.9. The number of halogens is 1. The molecule has 4 aromatic rings. The van der Waals surface area contributed by atoms with Crippen molar-refractivity contribution in [2.24, 2.45) is 0 Å². The van der Waals surface area contributed by atoms with E-state index >= 15 is 0 Å². The van der Waals surface area contributed by atoms with Gasteiger partial charge in [0.2, 0.25) is 5.91 Å². The molecule has 1 aliphatic heterocycles. The molecule has 3 aromatic carbocycles. The Hall–Kier alpha value is -2.47. The summed E-state index contributed by atoms with van der Waals surface area (Å²) in [6, 6.07) is 18.3. The summed E-state index contributed by atoms with van der Waals surface area (Å²) in [5, 5.41) is 3.72. The van der Waals surface area contributed by atoms with E-state index in [1.807, 2.05) is 42.2 Å². The third kappa shape index (κ3) is 4.18. The number of anilines is 1. The lowest BCUT2D eigenvalue weighted by molar-refractivity contribution is -0.118. The zero-order chi connectivity index (χ0) is 21.4. The van der Waals surface area contributed by atoms with Gasteiger partial charge >= 0.3 is 0 Å². The van der Waals surface area contributed by atoms with E-state index in [-0.39, 0.29) is 12.0 Å². The second-order valence-electron chi connectivity index (χ2n) is 8.01. The SMILES string of the molecule is Cc1c(Cl)ccc2sc(N(CC3CCCO3)C(=O)Cc3ccc4ccccc4c3)nc12. The molecule has 0 bridgehead atoms. The van der Waals surface area contributed by atoms with Gasteiger partial charge in [-0.25, -0.2) is 4.98 Å². The number of rotatable bonds is 5. The van der Waals surface area contributed by atoms with Crippen LogP contribution in [0.4, 0.5) is 5.13 Å². The molecule has 1 saturated heterocycles. The average molecular weight is 451 g/mol. The lowest BCUT2D eigenvalue weighted by Gasteiger charge is -2.23. The maximum Gasteiger partial charge on any atom is 0.233 e. The van der Waals surface area contributed by atoms with Crippen molar-refractivity contribution in [1.29, 1.82) is 0 Å². The van der Waals surface area contributed by atoms with Crippen LogP contribution in [-0.2, 0) is 16.0 Å². The first-order valence-corrected chi connectivity index (χ1v) is 11.7. The molecule has 158 valence electrons. The second kappa shape index (κ2) is 8.58. The predicted molar refractivity (Wildman–Crippen MR) is 128 cm³/mol. The first kappa shape index (κ1) is 20.4. The highest BCUT2D eigenvalue weighted by molar-refractivity contribution is 7.22. The maximum atomic E-state index is 13.5. The molecule has 31 heavy (non-hydrogen) atoms.